The van der Waals surface area contributed by atoms with Crippen LogP contribution in [0.1, 0.15) is 5.69 Å². The second kappa shape index (κ2) is 8.87. The van der Waals surface area contributed by atoms with Crippen LogP contribution in [0.3, 0.4) is 0 Å². The van der Waals surface area contributed by atoms with Gasteiger partial charge in [-0.3, -0.25) is 14.6 Å². The fraction of sp³-hybridized carbons (Fsp3) is 0.300. The van der Waals surface area contributed by atoms with Crippen LogP contribution in [-0.4, -0.2) is 53.6 Å². The number of halogens is 1. The normalized spacial score (nSPS) is 15.6. The van der Waals surface area contributed by atoms with E-state index in [1.165, 1.54) is 0 Å². The van der Waals surface area contributed by atoms with E-state index >= 15 is 0 Å². The number of anilines is 1. The highest BCUT2D eigenvalue weighted by atomic mass is 35.5. The molecule has 1 N–H and O–H groups in total. The third-order valence-corrected chi connectivity index (χ3v) is 5.90. The average Bonchev–Trinajstić information content (AvgIpc) is 3.37. The summed E-state index contributed by atoms with van der Waals surface area (Å²) in [5.41, 5.74) is 1.59. The predicted molar refractivity (Wildman–Crippen MR) is 112 cm³/mol. The minimum absolute atomic E-state index is 0.0429. The molecule has 28 heavy (non-hydrogen) atoms. The van der Waals surface area contributed by atoms with Crippen molar-refractivity contribution in [1.82, 2.24) is 15.0 Å². The van der Waals surface area contributed by atoms with Crippen LogP contribution in [0.2, 0.25) is 5.02 Å². The average molecular weight is 417 g/mol. The number of thiophene rings is 1. The molecule has 3 aromatic rings. The Morgan fingerprint density at radius 2 is 1.93 bits per heavy atom. The van der Waals surface area contributed by atoms with Gasteiger partial charge in [-0.15, -0.1) is 11.3 Å². The molecule has 146 valence electrons. The number of hydrogen-bond acceptors (Lipinski definition) is 6. The summed E-state index contributed by atoms with van der Waals surface area (Å²) < 4.78 is 5.45. The quantitative estimate of drug-likeness (QED) is 0.662. The van der Waals surface area contributed by atoms with Crippen LogP contribution in [0.4, 0.5) is 5.69 Å². The maximum atomic E-state index is 12.3. The lowest BCUT2D eigenvalue weighted by Gasteiger charge is -2.33. The van der Waals surface area contributed by atoms with Gasteiger partial charge >= 0.3 is 0 Å². The molecule has 0 spiro atoms. The summed E-state index contributed by atoms with van der Waals surface area (Å²) in [4.78, 5) is 17.9. The number of carbonyl (C=O) groups is 1. The third-order valence-electron chi connectivity index (χ3n) is 4.69. The summed E-state index contributed by atoms with van der Waals surface area (Å²) in [6.07, 6.45) is 0. The Balaban J connectivity index is 1.23. The first-order valence-electron chi connectivity index (χ1n) is 9.16. The van der Waals surface area contributed by atoms with Crippen molar-refractivity contribution in [3.05, 3.63) is 58.6 Å². The first-order valence-corrected chi connectivity index (χ1v) is 10.4. The van der Waals surface area contributed by atoms with Gasteiger partial charge in [0.25, 0.3) is 0 Å². The molecule has 1 fully saturated rings. The molecule has 0 bridgehead atoms. The SMILES string of the molecule is O=C(CN1CCN(Cc2cc(-c3cccs3)on2)CC1)Nc1ccccc1Cl. The van der Waals surface area contributed by atoms with E-state index in [0.29, 0.717) is 17.3 Å². The van der Waals surface area contributed by atoms with E-state index < -0.39 is 0 Å². The van der Waals surface area contributed by atoms with Crippen LogP contribution in [-0.2, 0) is 11.3 Å². The van der Waals surface area contributed by atoms with Crippen molar-refractivity contribution in [2.45, 2.75) is 6.54 Å². The number of nitrogens with zero attached hydrogens (tertiary/aromatic N) is 3. The molecule has 4 rings (SSSR count). The highest BCUT2D eigenvalue weighted by molar-refractivity contribution is 7.13. The van der Waals surface area contributed by atoms with Gasteiger partial charge in [0.1, 0.15) is 0 Å². The highest BCUT2D eigenvalue weighted by Gasteiger charge is 2.20. The Hall–Kier alpha value is -2.19. The molecular weight excluding hydrogens is 396 g/mol. The standard InChI is InChI=1S/C20H21ClN4O2S/c21-16-4-1-2-5-17(16)22-20(26)14-25-9-7-24(8-10-25)13-15-12-18(27-23-15)19-6-3-11-28-19/h1-6,11-12H,7-10,13-14H2,(H,22,26). The fourth-order valence-electron chi connectivity index (χ4n) is 3.21. The molecule has 6 nitrogen and oxygen atoms in total. The highest BCUT2D eigenvalue weighted by Crippen LogP contribution is 2.25. The molecule has 1 saturated heterocycles. The van der Waals surface area contributed by atoms with Crippen LogP contribution >= 0.6 is 22.9 Å². The molecule has 0 aliphatic carbocycles. The van der Waals surface area contributed by atoms with E-state index in [-0.39, 0.29) is 5.91 Å². The number of piperazine rings is 1. The van der Waals surface area contributed by atoms with Crippen LogP contribution < -0.4 is 5.32 Å². The molecule has 1 aromatic carbocycles. The monoisotopic (exact) mass is 416 g/mol. The van der Waals surface area contributed by atoms with Gasteiger partial charge in [-0.25, -0.2) is 0 Å². The minimum Gasteiger partial charge on any atom is -0.355 e. The first-order chi connectivity index (χ1) is 13.7. The fourth-order valence-corrected chi connectivity index (χ4v) is 4.07. The molecule has 0 radical (unpaired) electrons. The van der Waals surface area contributed by atoms with Crippen molar-refractivity contribution in [2.75, 3.05) is 38.0 Å². The molecule has 1 aliphatic rings. The number of benzene rings is 1. The summed E-state index contributed by atoms with van der Waals surface area (Å²) in [5.74, 6) is 0.776. The Bertz CT molecular complexity index is 920. The lowest BCUT2D eigenvalue weighted by atomic mass is 10.2. The second-order valence-corrected chi connectivity index (χ2v) is 8.10. The zero-order chi connectivity index (χ0) is 19.3. The van der Waals surface area contributed by atoms with Crippen molar-refractivity contribution < 1.29 is 9.32 Å². The van der Waals surface area contributed by atoms with Crippen molar-refractivity contribution in [2.24, 2.45) is 0 Å². The summed E-state index contributed by atoms with van der Waals surface area (Å²) in [6.45, 7) is 4.58. The van der Waals surface area contributed by atoms with E-state index in [1.807, 2.05) is 35.7 Å². The molecule has 0 atom stereocenters. The third kappa shape index (κ3) is 4.80. The van der Waals surface area contributed by atoms with Gasteiger partial charge in [0.15, 0.2) is 5.76 Å². The number of aromatic nitrogens is 1. The van der Waals surface area contributed by atoms with Gasteiger partial charge in [-0.05, 0) is 23.6 Å². The number of hydrogen-bond donors (Lipinski definition) is 1. The van der Waals surface area contributed by atoms with Gasteiger partial charge in [-0.2, -0.15) is 0 Å². The molecule has 2 aromatic heterocycles. The van der Waals surface area contributed by atoms with E-state index in [4.69, 9.17) is 16.1 Å². The maximum Gasteiger partial charge on any atom is 0.238 e. The molecule has 0 unspecified atom stereocenters. The van der Waals surface area contributed by atoms with Crippen molar-refractivity contribution in [3.63, 3.8) is 0 Å². The molecule has 3 heterocycles. The largest absolute Gasteiger partial charge is 0.355 e. The topological polar surface area (TPSA) is 61.6 Å². The zero-order valence-corrected chi connectivity index (χ0v) is 16.9. The van der Waals surface area contributed by atoms with Crippen molar-refractivity contribution >= 4 is 34.5 Å². The molecule has 1 amide bonds. The number of nitrogens with one attached hydrogen (secondary N) is 1. The van der Waals surface area contributed by atoms with Crippen LogP contribution in [0.15, 0.2) is 52.4 Å². The molecule has 8 heteroatoms. The number of para-hydroxylation sites is 1. The van der Waals surface area contributed by atoms with E-state index in [9.17, 15) is 4.79 Å². The number of carbonyl (C=O) groups excluding carboxylic acids is 1. The summed E-state index contributed by atoms with van der Waals surface area (Å²) in [6, 6.07) is 13.3. The van der Waals surface area contributed by atoms with Gasteiger partial charge in [0, 0.05) is 38.8 Å². The van der Waals surface area contributed by atoms with E-state index in [1.54, 1.807) is 23.5 Å². The number of rotatable bonds is 6. The predicted octanol–water partition coefficient (Wildman–Crippen LogP) is 3.81. The number of amides is 1. The van der Waals surface area contributed by atoms with Gasteiger partial charge < -0.3 is 9.84 Å². The van der Waals surface area contributed by atoms with Gasteiger partial charge in [-0.1, -0.05) is 35.0 Å². The zero-order valence-electron chi connectivity index (χ0n) is 15.3. The van der Waals surface area contributed by atoms with E-state index in [0.717, 1.165) is 49.1 Å². The lowest BCUT2D eigenvalue weighted by molar-refractivity contribution is -0.117. The Kier molecular flexibility index (Phi) is 6.07. The Morgan fingerprint density at radius 3 is 2.68 bits per heavy atom. The maximum absolute atomic E-state index is 12.3. The summed E-state index contributed by atoms with van der Waals surface area (Å²) in [5, 5.41) is 9.64. The van der Waals surface area contributed by atoms with Crippen LogP contribution in [0.5, 0.6) is 0 Å². The van der Waals surface area contributed by atoms with E-state index in [2.05, 4.69) is 20.3 Å². The summed E-state index contributed by atoms with van der Waals surface area (Å²) in [7, 11) is 0. The Morgan fingerprint density at radius 1 is 1.14 bits per heavy atom. The first kappa shape index (κ1) is 19.1. The van der Waals surface area contributed by atoms with Crippen LogP contribution in [0, 0.1) is 0 Å². The van der Waals surface area contributed by atoms with Gasteiger partial charge in [0.2, 0.25) is 5.91 Å². The lowest BCUT2D eigenvalue weighted by Crippen LogP contribution is -2.48. The molecule has 0 saturated carbocycles. The Labute approximate surface area is 172 Å². The van der Waals surface area contributed by atoms with Crippen LogP contribution in [0.25, 0.3) is 10.6 Å². The van der Waals surface area contributed by atoms with Crippen molar-refractivity contribution in [3.8, 4) is 10.6 Å². The second-order valence-electron chi connectivity index (χ2n) is 6.74. The summed E-state index contributed by atoms with van der Waals surface area (Å²) >= 11 is 7.74. The smallest absolute Gasteiger partial charge is 0.238 e. The molecule has 1 aliphatic heterocycles. The molecular formula is C20H21ClN4O2S. The van der Waals surface area contributed by atoms with Gasteiger partial charge in [0.05, 0.1) is 27.8 Å². The minimum atomic E-state index is -0.0429. The van der Waals surface area contributed by atoms with Crippen molar-refractivity contribution in [1.29, 1.82) is 0 Å².